The van der Waals surface area contributed by atoms with Crippen LogP contribution in [0.4, 0.5) is 0 Å². The molecule has 166 valence electrons. The fourth-order valence-corrected chi connectivity index (χ4v) is 4.29. The molecule has 10 heteroatoms. The van der Waals surface area contributed by atoms with Crippen molar-refractivity contribution in [2.75, 3.05) is 58.7 Å². The van der Waals surface area contributed by atoms with Crippen LogP contribution in [0.5, 0.6) is 0 Å². The Morgan fingerprint density at radius 1 is 1.21 bits per heavy atom. The maximum absolute atomic E-state index is 12.1. The standard InChI is InChI=1S/C18H37N5O3S.HI/c1-3-19-18(22-17-7-10-23(11-8-17)12-13-26-2)20-9-14-27(24,25)21-15-16-5-4-6-16;/h16-17,21H,3-15H2,1-2H3,(H2,19,20,22);1H. The molecule has 1 saturated heterocycles. The van der Waals surface area contributed by atoms with Crippen LogP contribution in [-0.2, 0) is 14.8 Å². The van der Waals surface area contributed by atoms with Crippen molar-refractivity contribution < 1.29 is 13.2 Å². The highest BCUT2D eigenvalue weighted by atomic mass is 127. The second-order valence-electron chi connectivity index (χ2n) is 7.48. The summed E-state index contributed by atoms with van der Waals surface area (Å²) >= 11 is 0. The topological polar surface area (TPSA) is 95.1 Å². The van der Waals surface area contributed by atoms with Crippen molar-refractivity contribution in [2.45, 2.75) is 45.1 Å². The van der Waals surface area contributed by atoms with Gasteiger partial charge >= 0.3 is 0 Å². The number of hydrogen-bond acceptors (Lipinski definition) is 5. The molecule has 0 unspecified atom stereocenters. The highest BCUT2D eigenvalue weighted by Crippen LogP contribution is 2.25. The first-order valence-electron chi connectivity index (χ1n) is 10.3. The second-order valence-corrected chi connectivity index (χ2v) is 9.40. The number of methoxy groups -OCH3 is 1. The van der Waals surface area contributed by atoms with Crippen molar-refractivity contribution in [3.05, 3.63) is 0 Å². The van der Waals surface area contributed by atoms with Gasteiger partial charge in [0.25, 0.3) is 0 Å². The summed E-state index contributed by atoms with van der Waals surface area (Å²) in [5, 5.41) is 6.67. The summed E-state index contributed by atoms with van der Waals surface area (Å²) in [6.07, 6.45) is 5.60. The highest BCUT2D eigenvalue weighted by molar-refractivity contribution is 14.0. The monoisotopic (exact) mass is 531 g/mol. The molecular formula is C18H38IN5O3S. The number of ether oxygens (including phenoxy) is 1. The van der Waals surface area contributed by atoms with E-state index in [0.29, 0.717) is 24.5 Å². The quantitative estimate of drug-likeness (QED) is 0.209. The van der Waals surface area contributed by atoms with Gasteiger partial charge in [0.15, 0.2) is 5.96 Å². The zero-order valence-electron chi connectivity index (χ0n) is 17.3. The summed E-state index contributed by atoms with van der Waals surface area (Å²) in [5.41, 5.74) is 0. The number of sulfonamides is 1. The van der Waals surface area contributed by atoms with E-state index in [2.05, 4.69) is 25.2 Å². The van der Waals surface area contributed by atoms with E-state index in [0.717, 1.165) is 58.5 Å². The lowest BCUT2D eigenvalue weighted by Gasteiger charge is -2.32. The summed E-state index contributed by atoms with van der Waals surface area (Å²) in [7, 11) is -1.51. The zero-order valence-corrected chi connectivity index (χ0v) is 20.4. The summed E-state index contributed by atoms with van der Waals surface area (Å²) in [6.45, 7) is 7.44. The minimum atomic E-state index is -3.24. The van der Waals surface area contributed by atoms with Gasteiger partial charge in [-0.2, -0.15) is 0 Å². The summed E-state index contributed by atoms with van der Waals surface area (Å²) in [4.78, 5) is 6.87. The van der Waals surface area contributed by atoms with Crippen LogP contribution in [0.2, 0.25) is 0 Å². The molecule has 2 fully saturated rings. The molecule has 1 saturated carbocycles. The molecular weight excluding hydrogens is 493 g/mol. The predicted octanol–water partition coefficient (Wildman–Crippen LogP) is 0.990. The van der Waals surface area contributed by atoms with Gasteiger partial charge < -0.3 is 20.3 Å². The molecule has 0 atom stereocenters. The number of aliphatic imine (C=N–C) groups is 1. The Kier molecular flexibility index (Phi) is 12.9. The molecule has 0 amide bonds. The number of halogens is 1. The van der Waals surface area contributed by atoms with Crippen LogP contribution in [0.1, 0.15) is 39.0 Å². The number of nitrogens with zero attached hydrogens (tertiary/aromatic N) is 2. The Hall–Kier alpha value is -0.170. The number of guanidine groups is 1. The van der Waals surface area contributed by atoms with Crippen LogP contribution in [-0.4, -0.2) is 84.1 Å². The Morgan fingerprint density at radius 3 is 2.50 bits per heavy atom. The van der Waals surface area contributed by atoms with E-state index >= 15 is 0 Å². The van der Waals surface area contributed by atoms with Gasteiger partial charge in [0.2, 0.25) is 10.0 Å². The minimum absolute atomic E-state index is 0. The minimum Gasteiger partial charge on any atom is -0.383 e. The third kappa shape index (κ3) is 10.0. The maximum Gasteiger partial charge on any atom is 0.213 e. The van der Waals surface area contributed by atoms with Crippen LogP contribution in [0.15, 0.2) is 4.99 Å². The van der Waals surface area contributed by atoms with Gasteiger partial charge in [0, 0.05) is 45.9 Å². The van der Waals surface area contributed by atoms with Crippen molar-refractivity contribution in [3.8, 4) is 0 Å². The zero-order chi connectivity index (χ0) is 19.5. The van der Waals surface area contributed by atoms with Gasteiger partial charge in [-0.3, -0.25) is 4.99 Å². The Balaban J connectivity index is 0.00000392. The van der Waals surface area contributed by atoms with E-state index in [1.54, 1.807) is 7.11 Å². The third-order valence-electron chi connectivity index (χ3n) is 5.33. The predicted molar refractivity (Wildman–Crippen MR) is 125 cm³/mol. The molecule has 0 aromatic rings. The van der Waals surface area contributed by atoms with Gasteiger partial charge in [-0.25, -0.2) is 13.1 Å². The largest absolute Gasteiger partial charge is 0.383 e. The second kappa shape index (κ2) is 13.9. The Morgan fingerprint density at radius 2 is 1.93 bits per heavy atom. The van der Waals surface area contributed by atoms with Crippen LogP contribution >= 0.6 is 24.0 Å². The summed E-state index contributed by atoms with van der Waals surface area (Å²) in [5.74, 6) is 1.27. The fourth-order valence-electron chi connectivity index (χ4n) is 3.33. The average Bonchev–Trinajstić information content (AvgIpc) is 2.59. The number of piperidine rings is 1. The Bertz CT molecular complexity index is 549. The van der Waals surface area contributed by atoms with Gasteiger partial charge in [-0.05, 0) is 38.5 Å². The number of nitrogens with one attached hydrogen (secondary N) is 3. The fraction of sp³-hybridized carbons (Fsp3) is 0.944. The van der Waals surface area contributed by atoms with Gasteiger partial charge in [0.1, 0.15) is 0 Å². The first-order chi connectivity index (χ1) is 13.0. The number of hydrogen-bond donors (Lipinski definition) is 3. The first-order valence-corrected chi connectivity index (χ1v) is 11.9. The smallest absolute Gasteiger partial charge is 0.213 e. The Labute approximate surface area is 187 Å². The molecule has 2 rings (SSSR count). The van der Waals surface area contributed by atoms with Crippen molar-refractivity contribution >= 4 is 40.0 Å². The van der Waals surface area contributed by atoms with Crippen LogP contribution in [0, 0.1) is 5.92 Å². The molecule has 2 aliphatic rings. The van der Waals surface area contributed by atoms with Crippen molar-refractivity contribution in [3.63, 3.8) is 0 Å². The molecule has 0 radical (unpaired) electrons. The van der Waals surface area contributed by atoms with Crippen molar-refractivity contribution in [2.24, 2.45) is 10.9 Å². The average molecular weight is 532 g/mol. The summed E-state index contributed by atoms with van der Waals surface area (Å²) < 4.78 is 32.0. The molecule has 3 N–H and O–H groups in total. The molecule has 28 heavy (non-hydrogen) atoms. The SMILES string of the molecule is CCNC(=NCCS(=O)(=O)NCC1CCC1)NC1CCN(CCOC)CC1.I. The molecule has 0 bridgehead atoms. The van der Waals surface area contributed by atoms with Crippen LogP contribution in [0.25, 0.3) is 0 Å². The molecule has 1 heterocycles. The molecule has 1 aliphatic carbocycles. The normalized spacial score (nSPS) is 19.7. The highest BCUT2D eigenvalue weighted by Gasteiger charge is 2.21. The van der Waals surface area contributed by atoms with Crippen LogP contribution in [0.3, 0.4) is 0 Å². The van der Waals surface area contributed by atoms with E-state index in [4.69, 9.17) is 4.74 Å². The molecule has 0 aromatic carbocycles. The lowest BCUT2D eigenvalue weighted by molar-refractivity contribution is 0.128. The lowest BCUT2D eigenvalue weighted by Crippen LogP contribution is -2.49. The van der Waals surface area contributed by atoms with Gasteiger partial charge in [0.05, 0.1) is 18.9 Å². The number of rotatable bonds is 11. The maximum atomic E-state index is 12.1. The molecule has 0 spiro atoms. The third-order valence-corrected chi connectivity index (χ3v) is 6.66. The van der Waals surface area contributed by atoms with E-state index in [9.17, 15) is 8.42 Å². The van der Waals surface area contributed by atoms with E-state index in [-0.39, 0.29) is 36.3 Å². The molecule has 0 aromatic heterocycles. The van der Waals surface area contributed by atoms with Crippen LogP contribution < -0.4 is 15.4 Å². The number of likely N-dealkylation sites (tertiary alicyclic amines) is 1. The van der Waals surface area contributed by atoms with E-state index < -0.39 is 10.0 Å². The van der Waals surface area contributed by atoms with E-state index in [1.165, 1.54) is 6.42 Å². The van der Waals surface area contributed by atoms with Gasteiger partial charge in [-0.15, -0.1) is 24.0 Å². The van der Waals surface area contributed by atoms with Gasteiger partial charge in [-0.1, -0.05) is 6.42 Å². The molecule has 8 nitrogen and oxygen atoms in total. The van der Waals surface area contributed by atoms with E-state index in [1.807, 2.05) is 6.92 Å². The van der Waals surface area contributed by atoms with Crippen molar-refractivity contribution in [1.29, 1.82) is 0 Å². The molecule has 1 aliphatic heterocycles. The first kappa shape index (κ1) is 25.9. The lowest BCUT2D eigenvalue weighted by atomic mass is 9.86. The van der Waals surface area contributed by atoms with Crippen molar-refractivity contribution in [1.82, 2.24) is 20.3 Å². The summed E-state index contributed by atoms with van der Waals surface area (Å²) in [6, 6.07) is 0.370.